The first-order chi connectivity index (χ1) is 7.00. The van der Waals surface area contributed by atoms with Gasteiger partial charge in [0.25, 0.3) is 0 Å². The van der Waals surface area contributed by atoms with Crippen LogP contribution in [0.5, 0.6) is 0 Å². The Morgan fingerprint density at radius 2 is 2.07 bits per heavy atom. The van der Waals surface area contributed by atoms with E-state index in [0.29, 0.717) is 26.2 Å². The van der Waals surface area contributed by atoms with Gasteiger partial charge in [-0.05, 0) is 14.0 Å². The summed E-state index contributed by atoms with van der Waals surface area (Å²) in [5, 5.41) is 2.47. The first-order valence-corrected chi connectivity index (χ1v) is 6.63. The average Bonchev–Trinajstić information content (AvgIpc) is 2.19. The summed E-state index contributed by atoms with van der Waals surface area (Å²) < 4.78 is 30.3. The van der Waals surface area contributed by atoms with Crippen LogP contribution in [-0.4, -0.2) is 58.4 Å². The van der Waals surface area contributed by atoms with E-state index in [1.54, 1.807) is 21.1 Å². The smallest absolute Gasteiger partial charge is 0.218 e. The summed E-state index contributed by atoms with van der Waals surface area (Å²) in [6, 6.07) is 0. The van der Waals surface area contributed by atoms with Crippen LogP contribution in [-0.2, 0) is 14.8 Å². The molecule has 0 aromatic carbocycles. The molecule has 0 rings (SSSR count). The van der Waals surface area contributed by atoms with E-state index in [0.717, 1.165) is 0 Å². The number of methoxy groups -OCH3 is 1. The van der Waals surface area contributed by atoms with Crippen molar-refractivity contribution >= 4 is 10.0 Å². The van der Waals surface area contributed by atoms with Crippen LogP contribution in [0.4, 0.5) is 0 Å². The molecule has 1 N–H and O–H groups in total. The molecule has 0 saturated carbocycles. The van der Waals surface area contributed by atoms with E-state index in [1.165, 1.54) is 4.31 Å². The molecule has 0 aliphatic carbocycles. The number of likely N-dealkylation sites (N-methyl/N-ethyl adjacent to an activating group) is 1. The number of ether oxygens (including phenoxy) is 1. The highest BCUT2D eigenvalue weighted by molar-refractivity contribution is 7.89. The van der Waals surface area contributed by atoms with Gasteiger partial charge in [0.1, 0.15) is 0 Å². The van der Waals surface area contributed by atoms with Crippen LogP contribution in [0.3, 0.4) is 0 Å². The van der Waals surface area contributed by atoms with Crippen molar-refractivity contribution in [3.05, 3.63) is 0 Å². The zero-order valence-electron chi connectivity index (χ0n) is 9.99. The number of sulfonamides is 1. The van der Waals surface area contributed by atoms with E-state index in [-0.39, 0.29) is 0 Å². The zero-order valence-corrected chi connectivity index (χ0v) is 10.8. The second-order valence-electron chi connectivity index (χ2n) is 3.40. The minimum atomic E-state index is -3.19. The molecule has 0 amide bonds. The van der Waals surface area contributed by atoms with Crippen molar-refractivity contribution in [2.75, 3.05) is 40.4 Å². The quantitative estimate of drug-likeness (QED) is 0.641. The molecule has 1 unspecified atom stereocenters. The maximum Gasteiger partial charge on any atom is 0.218 e. The minimum absolute atomic E-state index is 0.403. The Kier molecular flexibility index (Phi) is 7.08. The minimum Gasteiger partial charge on any atom is -0.383 e. The Labute approximate surface area is 92.8 Å². The third-order valence-corrected chi connectivity index (χ3v) is 4.60. The summed E-state index contributed by atoms with van der Waals surface area (Å²) in [5.41, 5.74) is 0. The van der Waals surface area contributed by atoms with E-state index in [4.69, 9.17) is 4.74 Å². The van der Waals surface area contributed by atoms with Crippen LogP contribution in [0, 0.1) is 0 Å². The van der Waals surface area contributed by atoms with E-state index in [9.17, 15) is 8.42 Å². The fraction of sp³-hybridized carbons (Fsp3) is 1.00. The van der Waals surface area contributed by atoms with Gasteiger partial charge in [0.15, 0.2) is 0 Å². The van der Waals surface area contributed by atoms with Crippen LogP contribution in [0.15, 0.2) is 0 Å². The van der Waals surface area contributed by atoms with Crippen molar-refractivity contribution in [2.45, 2.75) is 19.1 Å². The van der Waals surface area contributed by atoms with Gasteiger partial charge in [0, 0.05) is 26.7 Å². The number of hydrogen-bond acceptors (Lipinski definition) is 4. The summed E-state index contributed by atoms with van der Waals surface area (Å²) in [6.07, 6.45) is 0. The van der Waals surface area contributed by atoms with Crippen LogP contribution < -0.4 is 5.32 Å². The molecule has 6 heteroatoms. The lowest BCUT2D eigenvalue weighted by molar-refractivity contribution is 0.180. The molecule has 92 valence electrons. The maximum absolute atomic E-state index is 12.0. The van der Waals surface area contributed by atoms with Gasteiger partial charge in [0.2, 0.25) is 10.0 Å². The molecule has 0 heterocycles. The maximum atomic E-state index is 12.0. The Morgan fingerprint density at radius 3 is 2.47 bits per heavy atom. The van der Waals surface area contributed by atoms with E-state index in [1.807, 2.05) is 6.92 Å². The van der Waals surface area contributed by atoms with Crippen molar-refractivity contribution in [1.29, 1.82) is 0 Å². The van der Waals surface area contributed by atoms with E-state index in [2.05, 4.69) is 5.32 Å². The molecule has 5 nitrogen and oxygen atoms in total. The van der Waals surface area contributed by atoms with E-state index >= 15 is 0 Å². The fourth-order valence-electron chi connectivity index (χ4n) is 1.31. The predicted octanol–water partition coefficient (Wildman–Crippen LogP) is -0.108. The van der Waals surface area contributed by atoms with Crippen LogP contribution in [0.25, 0.3) is 0 Å². The molecule has 0 fully saturated rings. The lowest BCUT2D eigenvalue weighted by Gasteiger charge is -2.24. The highest BCUT2D eigenvalue weighted by atomic mass is 32.2. The Balaban J connectivity index is 4.50. The van der Waals surface area contributed by atoms with Crippen molar-refractivity contribution in [2.24, 2.45) is 0 Å². The Bertz CT molecular complexity index is 254. The van der Waals surface area contributed by atoms with Crippen LogP contribution in [0.1, 0.15) is 13.8 Å². The predicted molar refractivity (Wildman–Crippen MR) is 61.4 cm³/mol. The third-order valence-electron chi connectivity index (χ3n) is 2.26. The van der Waals surface area contributed by atoms with Gasteiger partial charge in [-0.15, -0.1) is 0 Å². The van der Waals surface area contributed by atoms with Gasteiger partial charge in [-0.25, -0.2) is 8.42 Å². The van der Waals surface area contributed by atoms with Crippen LogP contribution >= 0.6 is 0 Å². The topological polar surface area (TPSA) is 58.6 Å². The molecule has 0 spiro atoms. The third kappa shape index (κ3) is 4.46. The summed E-state index contributed by atoms with van der Waals surface area (Å²) >= 11 is 0. The SMILES string of the molecule is CCN(CCOC)S(=O)(=O)C(C)CNC. The van der Waals surface area contributed by atoms with Gasteiger partial charge in [-0.2, -0.15) is 4.31 Å². The number of nitrogens with one attached hydrogen (secondary N) is 1. The van der Waals surface area contributed by atoms with Gasteiger partial charge >= 0.3 is 0 Å². The zero-order chi connectivity index (χ0) is 11.9. The second-order valence-corrected chi connectivity index (χ2v) is 5.75. The van der Waals surface area contributed by atoms with Crippen LogP contribution in [0.2, 0.25) is 0 Å². The number of rotatable bonds is 8. The lowest BCUT2D eigenvalue weighted by atomic mass is 10.5. The highest BCUT2D eigenvalue weighted by Crippen LogP contribution is 2.07. The largest absolute Gasteiger partial charge is 0.383 e. The molecule has 0 bridgehead atoms. The second kappa shape index (κ2) is 7.16. The number of nitrogens with zero attached hydrogens (tertiary/aromatic N) is 1. The number of hydrogen-bond donors (Lipinski definition) is 1. The molecular formula is C9H22N2O3S. The Morgan fingerprint density at radius 1 is 1.47 bits per heavy atom. The summed E-state index contributed by atoms with van der Waals surface area (Å²) in [7, 11) is 0.120. The average molecular weight is 238 g/mol. The molecule has 1 atom stereocenters. The van der Waals surface area contributed by atoms with Gasteiger partial charge in [-0.1, -0.05) is 6.92 Å². The highest BCUT2D eigenvalue weighted by Gasteiger charge is 2.26. The summed E-state index contributed by atoms with van der Waals surface area (Å²) in [4.78, 5) is 0. The molecule has 0 aliphatic rings. The van der Waals surface area contributed by atoms with Gasteiger partial charge in [-0.3, -0.25) is 0 Å². The van der Waals surface area contributed by atoms with Crippen molar-refractivity contribution in [3.8, 4) is 0 Å². The molecule has 0 radical (unpaired) electrons. The lowest BCUT2D eigenvalue weighted by Crippen LogP contribution is -2.42. The first-order valence-electron chi connectivity index (χ1n) is 5.13. The summed E-state index contributed by atoms with van der Waals surface area (Å²) in [5.74, 6) is 0. The van der Waals surface area contributed by atoms with Crippen molar-refractivity contribution < 1.29 is 13.2 Å². The molecule has 0 aliphatic heterocycles. The van der Waals surface area contributed by atoms with Crippen molar-refractivity contribution in [1.82, 2.24) is 9.62 Å². The molecule has 0 aromatic heterocycles. The van der Waals surface area contributed by atoms with E-state index < -0.39 is 15.3 Å². The monoisotopic (exact) mass is 238 g/mol. The van der Waals surface area contributed by atoms with Crippen molar-refractivity contribution in [3.63, 3.8) is 0 Å². The first kappa shape index (κ1) is 14.8. The molecule has 0 aromatic rings. The fourth-order valence-corrected chi connectivity index (χ4v) is 2.88. The molecular weight excluding hydrogens is 216 g/mol. The summed E-state index contributed by atoms with van der Waals surface area (Å²) in [6.45, 7) is 5.34. The van der Waals surface area contributed by atoms with Gasteiger partial charge < -0.3 is 10.1 Å². The van der Waals surface area contributed by atoms with Gasteiger partial charge in [0.05, 0.1) is 11.9 Å². The Hall–Kier alpha value is -0.170. The normalized spacial score (nSPS) is 14.5. The molecule has 15 heavy (non-hydrogen) atoms. The molecule has 0 saturated heterocycles. The standard InChI is InChI=1S/C9H22N2O3S/c1-5-11(6-7-14-4)15(12,13)9(2)8-10-3/h9-10H,5-8H2,1-4H3.